The minimum atomic E-state index is -0.561. The highest BCUT2D eigenvalue weighted by molar-refractivity contribution is 6.30. The van der Waals surface area contributed by atoms with Gasteiger partial charge in [0.1, 0.15) is 11.8 Å². The maximum atomic E-state index is 13.7. The number of hydrogen-bond donors (Lipinski definition) is 1. The molecule has 1 atom stereocenters. The molecule has 2 aromatic heterocycles. The van der Waals surface area contributed by atoms with Crippen LogP contribution in [0.3, 0.4) is 0 Å². The van der Waals surface area contributed by atoms with Gasteiger partial charge in [-0.05, 0) is 78.7 Å². The average molecular weight is 543 g/mol. The second kappa shape index (κ2) is 11.0. The number of aromatic amines is 1. The Bertz CT molecular complexity index is 1620. The van der Waals surface area contributed by atoms with Gasteiger partial charge in [-0.25, -0.2) is 4.68 Å². The van der Waals surface area contributed by atoms with Gasteiger partial charge in [-0.1, -0.05) is 54.1 Å². The number of tetrazole rings is 1. The van der Waals surface area contributed by atoms with Gasteiger partial charge in [-0.2, -0.15) is 0 Å². The van der Waals surface area contributed by atoms with E-state index in [1.54, 1.807) is 11.8 Å². The Morgan fingerprint density at radius 3 is 2.33 bits per heavy atom. The number of halogens is 1. The predicted molar refractivity (Wildman–Crippen MR) is 153 cm³/mol. The molecule has 200 valence electrons. The Morgan fingerprint density at radius 2 is 1.67 bits per heavy atom. The van der Waals surface area contributed by atoms with Crippen LogP contribution in [-0.4, -0.2) is 37.2 Å². The van der Waals surface area contributed by atoms with Crippen molar-refractivity contribution < 1.29 is 4.74 Å². The molecule has 0 saturated carbocycles. The molecule has 5 aromatic rings. The van der Waals surface area contributed by atoms with Gasteiger partial charge < -0.3 is 9.72 Å². The molecule has 0 fully saturated rings. The smallest absolute Gasteiger partial charge is 0.253 e. The Kier molecular flexibility index (Phi) is 7.50. The zero-order valence-corrected chi connectivity index (χ0v) is 23.2. The first-order valence-electron chi connectivity index (χ1n) is 12.7. The van der Waals surface area contributed by atoms with Gasteiger partial charge in [0.2, 0.25) is 0 Å². The maximum Gasteiger partial charge on any atom is 0.253 e. The highest BCUT2D eigenvalue weighted by Gasteiger charge is 2.33. The molecule has 0 aliphatic heterocycles. The molecule has 5 rings (SSSR count). The number of fused-ring (bicyclic) bond motifs is 1. The first kappa shape index (κ1) is 26.6. The van der Waals surface area contributed by atoms with Gasteiger partial charge in [-0.15, -0.1) is 5.10 Å². The van der Waals surface area contributed by atoms with E-state index in [4.69, 9.17) is 16.3 Å². The lowest BCUT2D eigenvalue weighted by atomic mass is 10.00. The summed E-state index contributed by atoms with van der Waals surface area (Å²) in [6, 6.07) is 24.9. The minimum Gasteiger partial charge on any atom is -0.497 e. The highest BCUT2D eigenvalue weighted by Crippen LogP contribution is 2.32. The number of hydrogen-bond acceptors (Lipinski definition) is 6. The molecule has 0 aliphatic rings. The van der Waals surface area contributed by atoms with Gasteiger partial charge in [0.15, 0.2) is 5.82 Å². The van der Waals surface area contributed by atoms with Gasteiger partial charge in [0.25, 0.3) is 5.56 Å². The van der Waals surface area contributed by atoms with Crippen LogP contribution in [-0.2, 0) is 18.6 Å². The van der Waals surface area contributed by atoms with Crippen LogP contribution < -0.4 is 10.3 Å². The third kappa shape index (κ3) is 5.87. The molecule has 0 radical (unpaired) electrons. The lowest BCUT2D eigenvalue weighted by Gasteiger charge is -2.33. The molecular weight excluding hydrogens is 512 g/mol. The molecule has 1 N–H and O–H groups in total. The number of rotatable bonds is 8. The van der Waals surface area contributed by atoms with Crippen LogP contribution in [0.5, 0.6) is 5.75 Å². The standard InChI is InChI=1S/C30H31ClN6O2/c1-30(2,3)37-28(33-34-35-37)27(25-17-22-16-24(39-4)14-15-26(22)32-29(25)38)36(18-20-8-6-5-7-9-20)19-21-10-12-23(31)13-11-21/h5-17,27H,18-19H2,1-4H3,(H,32,38)/t27-/m1/s1. The number of nitrogens with zero attached hydrogens (tertiary/aromatic N) is 5. The molecule has 2 heterocycles. The number of ether oxygens (including phenoxy) is 1. The van der Waals surface area contributed by atoms with Crippen LogP contribution in [0, 0.1) is 0 Å². The van der Waals surface area contributed by atoms with E-state index in [9.17, 15) is 4.79 Å². The SMILES string of the molecule is COc1ccc2[nH]c(=O)c([C@H](c3nnnn3C(C)(C)C)N(Cc3ccccc3)Cc3ccc(Cl)cc3)cc2c1. The number of H-pyrrole nitrogens is 1. The van der Waals surface area contributed by atoms with E-state index in [0.717, 1.165) is 22.0 Å². The van der Waals surface area contributed by atoms with E-state index < -0.39 is 11.6 Å². The van der Waals surface area contributed by atoms with Crippen LogP contribution in [0.15, 0.2) is 83.7 Å². The van der Waals surface area contributed by atoms with E-state index in [-0.39, 0.29) is 5.56 Å². The van der Waals surface area contributed by atoms with Crippen molar-refractivity contribution in [2.24, 2.45) is 0 Å². The molecule has 0 bridgehead atoms. The summed E-state index contributed by atoms with van der Waals surface area (Å²) in [5.74, 6) is 1.29. The molecule has 8 nitrogen and oxygen atoms in total. The van der Waals surface area contributed by atoms with Crippen molar-refractivity contribution >= 4 is 22.5 Å². The van der Waals surface area contributed by atoms with Crippen LogP contribution >= 0.6 is 11.6 Å². The molecule has 0 saturated heterocycles. The van der Waals surface area contributed by atoms with Crippen molar-refractivity contribution in [2.45, 2.75) is 45.4 Å². The highest BCUT2D eigenvalue weighted by atomic mass is 35.5. The molecule has 3 aromatic carbocycles. The fourth-order valence-corrected chi connectivity index (χ4v) is 4.88. The van der Waals surface area contributed by atoms with Crippen LogP contribution in [0.4, 0.5) is 0 Å². The Labute approximate surface area is 232 Å². The zero-order valence-electron chi connectivity index (χ0n) is 22.4. The number of aromatic nitrogens is 5. The monoisotopic (exact) mass is 542 g/mol. The van der Waals surface area contributed by atoms with E-state index in [0.29, 0.717) is 35.2 Å². The summed E-state index contributed by atoms with van der Waals surface area (Å²) in [6.07, 6.45) is 0. The van der Waals surface area contributed by atoms with Crippen LogP contribution in [0.2, 0.25) is 5.02 Å². The summed E-state index contributed by atoms with van der Waals surface area (Å²) >= 11 is 6.19. The topological polar surface area (TPSA) is 88.9 Å². The lowest BCUT2D eigenvalue weighted by Crippen LogP contribution is -2.37. The molecular formula is C30H31ClN6O2. The molecule has 0 aliphatic carbocycles. The molecule has 9 heteroatoms. The van der Waals surface area contributed by atoms with Gasteiger partial charge in [-0.3, -0.25) is 9.69 Å². The van der Waals surface area contributed by atoms with Gasteiger partial charge in [0, 0.05) is 34.6 Å². The molecule has 39 heavy (non-hydrogen) atoms. The Balaban J connectivity index is 1.73. The third-order valence-electron chi connectivity index (χ3n) is 6.64. The van der Waals surface area contributed by atoms with Gasteiger partial charge >= 0.3 is 0 Å². The van der Waals surface area contributed by atoms with Crippen molar-refractivity contribution in [3.63, 3.8) is 0 Å². The second-order valence-electron chi connectivity index (χ2n) is 10.5. The number of methoxy groups -OCH3 is 1. The summed E-state index contributed by atoms with van der Waals surface area (Å²) in [5.41, 5.74) is 2.81. The van der Waals surface area contributed by atoms with Crippen molar-refractivity contribution in [3.05, 3.63) is 117 Å². The van der Waals surface area contributed by atoms with Crippen LogP contribution in [0.1, 0.15) is 49.3 Å². The van der Waals surface area contributed by atoms with E-state index >= 15 is 0 Å². The van der Waals surface area contributed by atoms with Crippen LogP contribution in [0.25, 0.3) is 10.9 Å². The lowest BCUT2D eigenvalue weighted by molar-refractivity contribution is 0.184. The van der Waals surface area contributed by atoms with Crippen molar-refractivity contribution in [1.29, 1.82) is 0 Å². The number of nitrogens with one attached hydrogen (secondary N) is 1. The third-order valence-corrected chi connectivity index (χ3v) is 6.89. The zero-order chi connectivity index (χ0) is 27.6. The fourth-order valence-electron chi connectivity index (χ4n) is 4.75. The second-order valence-corrected chi connectivity index (χ2v) is 11.0. The number of benzene rings is 3. The van der Waals surface area contributed by atoms with E-state index in [2.05, 4.69) is 37.5 Å². The molecule has 0 unspecified atom stereocenters. The Morgan fingerprint density at radius 1 is 0.974 bits per heavy atom. The summed E-state index contributed by atoms with van der Waals surface area (Å²) in [7, 11) is 1.63. The molecule has 0 amide bonds. The molecule has 0 spiro atoms. The first-order valence-corrected chi connectivity index (χ1v) is 13.1. The largest absolute Gasteiger partial charge is 0.497 e. The van der Waals surface area contributed by atoms with Gasteiger partial charge in [0.05, 0.1) is 12.6 Å². The summed E-state index contributed by atoms with van der Waals surface area (Å²) < 4.78 is 7.25. The first-order chi connectivity index (χ1) is 18.7. The maximum absolute atomic E-state index is 13.7. The van der Waals surface area contributed by atoms with Crippen molar-refractivity contribution in [1.82, 2.24) is 30.1 Å². The van der Waals surface area contributed by atoms with E-state index in [1.165, 1.54) is 0 Å². The minimum absolute atomic E-state index is 0.199. The quantitative estimate of drug-likeness (QED) is 0.269. The summed E-state index contributed by atoms with van der Waals surface area (Å²) in [6.45, 7) is 7.21. The Hall–Kier alpha value is -4.01. The van der Waals surface area contributed by atoms with E-state index in [1.807, 2.05) is 87.5 Å². The normalized spacial score (nSPS) is 12.7. The summed E-state index contributed by atoms with van der Waals surface area (Å²) in [5, 5.41) is 14.4. The van der Waals surface area contributed by atoms with Crippen molar-refractivity contribution in [2.75, 3.05) is 7.11 Å². The average Bonchev–Trinajstić information content (AvgIpc) is 3.41. The van der Waals surface area contributed by atoms with Crippen molar-refractivity contribution in [3.8, 4) is 5.75 Å². The summed E-state index contributed by atoms with van der Waals surface area (Å²) in [4.78, 5) is 19.0. The number of pyridine rings is 1. The predicted octanol–water partition coefficient (Wildman–Crippen LogP) is 5.72. The fraction of sp³-hybridized carbons (Fsp3) is 0.267.